The number of halogens is 1. The van der Waals surface area contributed by atoms with Gasteiger partial charge in [0.2, 0.25) is 0 Å². The quantitative estimate of drug-likeness (QED) is 0.785. The average Bonchev–Trinajstić information content (AvgIpc) is 2.07. The highest BCUT2D eigenvalue weighted by Crippen LogP contribution is 2.25. The van der Waals surface area contributed by atoms with Crippen molar-refractivity contribution in [2.45, 2.75) is 24.3 Å². The van der Waals surface area contributed by atoms with E-state index in [1.165, 1.54) is 10.5 Å². The minimum atomic E-state index is 0.201. The fourth-order valence-corrected chi connectivity index (χ4v) is 2.13. The molecule has 2 N–H and O–H groups in total. The van der Waals surface area contributed by atoms with Crippen LogP contribution in [-0.2, 0) is 6.42 Å². The molecular weight excluding hydrogens is 202 g/mol. The number of hydrogen-bond acceptors (Lipinski definition) is 2. The van der Waals surface area contributed by atoms with Gasteiger partial charge in [-0.15, -0.1) is 11.8 Å². The summed E-state index contributed by atoms with van der Waals surface area (Å²) in [7, 11) is 0. The summed E-state index contributed by atoms with van der Waals surface area (Å²) in [4.78, 5) is 1.23. The number of thioether (sulfide) groups is 1. The number of benzene rings is 1. The third-order valence-corrected chi connectivity index (χ3v) is 2.85. The first kappa shape index (κ1) is 10.9. The zero-order valence-electron chi connectivity index (χ0n) is 7.88. The summed E-state index contributed by atoms with van der Waals surface area (Å²) in [6.07, 6.45) is 2.96. The Bertz CT molecular complexity index is 286. The zero-order chi connectivity index (χ0) is 9.84. The van der Waals surface area contributed by atoms with Gasteiger partial charge in [-0.05, 0) is 37.3 Å². The number of rotatable bonds is 3. The lowest BCUT2D eigenvalue weighted by atomic mass is 10.1. The molecule has 0 aliphatic rings. The van der Waals surface area contributed by atoms with Crippen molar-refractivity contribution in [1.82, 2.24) is 0 Å². The molecule has 0 bridgehead atoms. The van der Waals surface area contributed by atoms with Crippen LogP contribution in [0.3, 0.4) is 0 Å². The normalized spacial score (nSPS) is 12.9. The van der Waals surface area contributed by atoms with Crippen molar-refractivity contribution in [3.63, 3.8) is 0 Å². The van der Waals surface area contributed by atoms with Crippen LogP contribution in [0.15, 0.2) is 23.1 Å². The molecule has 0 spiro atoms. The first-order valence-corrected chi connectivity index (χ1v) is 5.81. The van der Waals surface area contributed by atoms with Crippen LogP contribution >= 0.6 is 23.4 Å². The van der Waals surface area contributed by atoms with E-state index >= 15 is 0 Å². The van der Waals surface area contributed by atoms with Crippen LogP contribution in [0, 0.1) is 0 Å². The molecule has 1 aromatic carbocycles. The Morgan fingerprint density at radius 3 is 2.77 bits per heavy atom. The molecule has 0 heterocycles. The number of nitrogens with two attached hydrogens (primary N) is 1. The highest BCUT2D eigenvalue weighted by Gasteiger charge is 2.04. The minimum Gasteiger partial charge on any atom is -0.328 e. The SMILES string of the molecule is CSc1cc(Cl)ccc1CC(C)N. The molecule has 0 aromatic heterocycles. The maximum Gasteiger partial charge on any atom is 0.0417 e. The lowest BCUT2D eigenvalue weighted by Crippen LogP contribution is -2.18. The van der Waals surface area contributed by atoms with Gasteiger partial charge < -0.3 is 5.73 Å². The van der Waals surface area contributed by atoms with E-state index in [-0.39, 0.29) is 6.04 Å². The lowest BCUT2D eigenvalue weighted by molar-refractivity contribution is 0.729. The van der Waals surface area contributed by atoms with E-state index in [1.54, 1.807) is 11.8 Å². The Morgan fingerprint density at radius 2 is 2.23 bits per heavy atom. The molecule has 1 nitrogen and oxygen atoms in total. The van der Waals surface area contributed by atoms with Crippen molar-refractivity contribution in [3.8, 4) is 0 Å². The maximum atomic E-state index is 5.89. The summed E-state index contributed by atoms with van der Waals surface area (Å²) < 4.78 is 0. The van der Waals surface area contributed by atoms with Crippen molar-refractivity contribution in [1.29, 1.82) is 0 Å². The number of hydrogen-bond donors (Lipinski definition) is 1. The van der Waals surface area contributed by atoms with Crippen LogP contribution in [0.5, 0.6) is 0 Å². The molecule has 1 unspecified atom stereocenters. The third kappa shape index (κ3) is 3.22. The minimum absolute atomic E-state index is 0.201. The van der Waals surface area contributed by atoms with Crippen LogP contribution in [0.4, 0.5) is 0 Å². The lowest BCUT2D eigenvalue weighted by Gasteiger charge is -2.09. The average molecular weight is 216 g/mol. The predicted octanol–water partition coefficient (Wildman–Crippen LogP) is 2.95. The molecule has 3 heteroatoms. The van der Waals surface area contributed by atoms with E-state index in [4.69, 9.17) is 17.3 Å². The molecule has 0 aliphatic heterocycles. The Morgan fingerprint density at radius 1 is 1.54 bits per heavy atom. The van der Waals surface area contributed by atoms with Gasteiger partial charge in [0.05, 0.1) is 0 Å². The first-order chi connectivity index (χ1) is 6.13. The van der Waals surface area contributed by atoms with Crippen molar-refractivity contribution in [2.75, 3.05) is 6.26 Å². The Hall–Kier alpha value is -0.180. The molecule has 13 heavy (non-hydrogen) atoms. The van der Waals surface area contributed by atoms with Crippen LogP contribution in [0.25, 0.3) is 0 Å². The van der Waals surface area contributed by atoms with Gasteiger partial charge >= 0.3 is 0 Å². The van der Waals surface area contributed by atoms with Gasteiger partial charge in [-0.3, -0.25) is 0 Å². The van der Waals surface area contributed by atoms with Gasteiger partial charge in [0, 0.05) is 16.0 Å². The monoisotopic (exact) mass is 215 g/mol. The summed E-state index contributed by atoms with van der Waals surface area (Å²) in [5.41, 5.74) is 7.03. The highest BCUT2D eigenvalue weighted by molar-refractivity contribution is 7.98. The summed E-state index contributed by atoms with van der Waals surface area (Å²) in [5.74, 6) is 0. The van der Waals surface area contributed by atoms with Crippen molar-refractivity contribution in [3.05, 3.63) is 28.8 Å². The fraction of sp³-hybridized carbons (Fsp3) is 0.400. The van der Waals surface area contributed by atoms with Gasteiger partial charge in [-0.25, -0.2) is 0 Å². The molecule has 1 aromatic rings. The fourth-order valence-electron chi connectivity index (χ4n) is 1.23. The van der Waals surface area contributed by atoms with Crippen molar-refractivity contribution >= 4 is 23.4 Å². The second kappa shape index (κ2) is 4.89. The molecule has 1 rings (SSSR count). The summed E-state index contributed by atoms with van der Waals surface area (Å²) in [6, 6.07) is 6.16. The van der Waals surface area contributed by atoms with E-state index in [2.05, 4.69) is 12.3 Å². The largest absolute Gasteiger partial charge is 0.328 e. The van der Waals surface area contributed by atoms with E-state index in [0.29, 0.717) is 0 Å². The Balaban J connectivity index is 2.92. The molecule has 0 saturated heterocycles. The second-order valence-corrected chi connectivity index (χ2v) is 4.42. The van der Waals surface area contributed by atoms with E-state index in [9.17, 15) is 0 Å². The molecule has 72 valence electrons. The summed E-state index contributed by atoms with van der Waals surface area (Å²) in [6.45, 7) is 2.01. The standard InChI is InChI=1S/C10H14ClNS/c1-7(12)5-8-3-4-9(11)6-10(8)13-2/h3-4,6-7H,5,12H2,1-2H3. The highest BCUT2D eigenvalue weighted by atomic mass is 35.5. The van der Waals surface area contributed by atoms with Crippen molar-refractivity contribution in [2.24, 2.45) is 5.73 Å². The zero-order valence-corrected chi connectivity index (χ0v) is 9.45. The Labute approximate surface area is 88.7 Å². The second-order valence-electron chi connectivity index (χ2n) is 3.14. The molecular formula is C10H14ClNS. The van der Waals surface area contributed by atoms with Gasteiger partial charge in [0.15, 0.2) is 0 Å². The predicted molar refractivity (Wildman–Crippen MR) is 60.6 cm³/mol. The maximum absolute atomic E-state index is 5.89. The molecule has 0 saturated carbocycles. The molecule has 0 amide bonds. The topological polar surface area (TPSA) is 26.0 Å². The first-order valence-electron chi connectivity index (χ1n) is 4.21. The van der Waals surface area contributed by atoms with Gasteiger partial charge in [-0.2, -0.15) is 0 Å². The molecule has 0 radical (unpaired) electrons. The van der Waals surface area contributed by atoms with Crippen LogP contribution in [-0.4, -0.2) is 12.3 Å². The van der Waals surface area contributed by atoms with Crippen LogP contribution in [0.2, 0.25) is 5.02 Å². The van der Waals surface area contributed by atoms with Crippen molar-refractivity contribution < 1.29 is 0 Å². The summed E-state index contributed by atoms with van der Waals surface area (Å²) >= 11 is 7.60. The van der Waals surface area contributed by atoms with Gasteiger partial charge in [-0.1, -0.05) is 17.7 Å². The van der Waals surface area contributed by atoms with Gasteiger partial charge in [0.1, 0.15) is 0 Å². The van der Waals surface area contributed by atoms with Gasteiger partial charge in [0.25, 0.3) is 0 Å². The summed E-state index contributed by atoms with van der Waals surface area (Å²) in [5, 5.41) is 0.790. The van der Waals surface area contributed by atoms with E-state index in [1.807, 2.05) is 19.1 Å². The van der Waals surface area contributed by atoms with E-state index < -0.39 is 0 Å². The molecule has 1 atom stereocenters. The smallest absolute Gasteiger partial charge is 0.0417 e. The Kier molecular flexibility index (Phi) is 4.10. The molecule has 0 fully saturated rings. The van der Waals surface area contributed by atoms with E-state index in [0.717, 1.165) is 11.4 Å². The van der Waals surface area contributed by atoms with Crippen LogP contribution < -0.4 is 5.73 Å². The molecule has 0 aliphatic carbocycles. The third-order valence-electron chi connectivity index (χ3n) is 1.79. The van der Waals surface area contributed by atoms with Crippen LogP contribution in [0.1, 0.15) is 12.5 Å².